The van der Waals surface area contributed by atoms with Crippen LogP contribution in [0.3, 0.4) is 0 Å². The van der Waals surface area contributed by atoms with Gasteiger partial charge in [0.1, 0.15) is 12.4 Å². The molecule has 0 bridgehead atoms. The molecule has 0 spiro atoms. The fourth-order valence-electron chi connectivity index (χ4n) is 2.27. The number of ether oxygens (including phenoxy) is 1. The van der Waals surface area contributed by atoms with Gasteiger partial charge in [-0.1, -0.05) is 25.1 Å². The van der Waals surface area contributed by atoms with E-state index in [0.29, 0.717) is 6.61 Å². The highest BCUT2D eigenvalue weighted by Gasteiger charge is 2.19. The van der Waals surface area contributed by atoms with Crippen LogP contribution in [0.5, 0.6) is 5.75 Å². The molecule has 0 atom stereocenters. The molecule has 0 saturated carbocycles. The van der Waals surface area contributed by atoms with Crippen LogP contribution in [0.1, 0.15) is 30.9 Å². The average Bonchev–Trinajstić information content (AvgIpc) is 2.71. The summed E-state index contributed by atoms with van der Waals surface area (Å²) in [5.41, 5.74) is 4.03. The normalized spacial score (nSPS) is 16.5. The molecule has 0 aliphatic heterocycles. The monoisotopic (exact) mass is 218 g/mol. The van der Waals surface area contributed by atoms with Gasteiger partial charge < -0.3 is 9.84 Å². The van der Waals surface area contributed by atoms with E-state index in [1.165, 1.54) is 16.7 Å². The Balaban J connectivity index is 2.33. The minimum atomic E-state index is 0.0660. The maximum atomic E-state index is 8.81. The molecule has 1 aromatic rings. The quantitative estimate of drug-likeness (QED) is 0.842. The predicted octanol–water partition coefficient (Wildman–Crippen LogP) is 2.80. The molecule has 0 heterocycles. The second-order valence-corrected chi connectivity index (χ2v) is 4.00. The topological polar surface area (TPSA) is 29.5 Å². The van der Waals surface area contributed by atoms with Crippen LogP contribution in [-0.2, 0) is 6.42 Å². The Kier molecular flexibility index (Phi) is 3.62. The summed E-state index contributed by atoms with van der Waals surface area (Å²) in [5.74, 6) is 0.920. The zero-order valence-corrected chi connectivity index (χ0v) is 9.70. The summed E-state index contributed by atoms with van der Waals surface area (Å²) < 4.78 is 5.58. The molecule has 1 aliphatic rings. The second kappa shape index (κ2) is 5.17. The molecular weight excluding hydrogens is 200 g/mol. The first-order valence-corrected chi connectivity index (χ1v) is 5.91. The van der Waals surface area contributed by atoms with Crippen LogP contribution in [0, 0.1) is 0 Å². The fraction of sp³-hybridized carbons (Fsp3) is 0.429. The minimum absolute atomic E-state index is 0.0660. The first-order chi connectivity index (χ1) is 7.86. The van der Waals surface area contributed by atoms with Gasteiger partial charge in [0.15, 0.2) is 0 Å². The molecule has 1 N–H and O–H groups in total. The number of benzene rings is 1. The summed E-state index contributed by atoms with van der Waals surface area (Å²) in [4.78, 5) is 0. The summed E-state index contributed by atoms with van der Waals surface area (Å²) >= 11 is 0. The summed E-state index contributed by atoms with van der Waals surface area (Å²) in [7, 11) is 0. The Labute approximate surface area is 96.6 Å². The number of aliphatic hydroxyl groups is 1. The third kappa shape index (κ3) is 2.12. The van der Waals surface area contributed by atoms with Gasteiger partial charge in [-0.15, -0.1) is 0 Å². The van der Waals surface area contributed by atoms with Crippen LogP contribution < -0.4 is 4.74 Å². The summed E-state index contributed by atoms with van der Waals surface area (Å²) in [6.07, 6.45) is 5.56. The van der Waals surface area contributed by atoms with E-state index in [4.69, 9.17) is 9.84 Å². The van der Waals surface area contributed by atoms with E-state index in [0.717, 1.165) is 25.0 Å². The van der Waals surface area contributed by atoms with Crippen molar-refractivity contribution in [3.05, 3.63) is 35.4 Å². The Morgan fingerprint density at radius 3 is 3.00 bits per heavy atom. The van der Waals surface area contributed by atoms with E-state index >= 15 is 0 Å². The zero-order chi connectivity index (χ0) is 11.4. The van der Waals surface area contributed by atoms with Gasteiger partial charge in [-0.3, -0.25) is 0 Å². The molecule has 2 heteroatoms. The third-order valence-electron chi connectivity index (χ3n) is 2.90. The van der Waals surface area contributed by atoms with E-state index in [1.54, 1.807) is 0 Å². The van der Waals surface area contributed by atoms with Crippen LogP contribution in [0.4, 0.5) is 0 Å². The lowest BCUT2D eigenvalue weighted by Crippen LogP contribution is -2.03. The molecule has 0 aromatic heterocycles. The highest BCUT2D eigenvalue weighted by molar-refractivity contribution is 5.77. The molecule has 86 valence electrons. The van der Waals surface area contributed by atoms with Gasteiger partial charge in [-0.25, -0.2) is 0 Å². The Morgan fingerprint density at radius 1 is 1.38 bits per heavy atom. The average molecular weight is 218 g/mol. The number of hydrogen-bond acceptors (Lipinski definition) is 2. The first-order valence-electron chi connectivity index (χ1n) is 5.91. The van der Waals surface area contributed by atoms with Gasteiger partial charge in [-0.05, 0) is 36.5 Å². The van der Waals surface area contributed by atoms with Gasteiger partial charge in [0.2, 0.25) is 0 Å². The standard InChI is InChI=1S/C14H18O2/c1-2-4-11-7-8-12-5-3-6-13(14(11)12)16-10-9-15/h3-6,15H,2,7-10H2,1H3/b11-4+. The number of fused-ring (bicyclic) bond motifs is 1. The number of aryl methyl sites for hydroxylation is 1. The first kappa shape index (κ1) is 11.2. The summed E-state index contributed by atoms with van der Waals surface area (Å²) in [6.45, 7) is 2.59. The fourth-order valence-corrected chi connectivity index (χ4v) is 2.27. The molecule has 0 saturated heterocycles. The van der Waals surface area contributed by atoms with Crippen molar-refractivity contribution in [2.75, 3.05) is 13.2 Å². The molecule has 0 radical (unpaired) electrons. The highest BCUT2D eigenvalue weighted by atomic mass is 16.5. The van der Waals surface area contributed by atoms with Crippen molar-refractivity contribution in [2.45, 2.75) is 26.2 Å². The van der Waals surface area contributed by atoms with Gasteiger partial charge in [0.05, 0.1) is 6.61 Å². The number of allylic oxidation sites excluding steroid dienone is 2. The van der Waals surface area contributed by atoms with E-state index < -0.39 is 0 Å². The largest absolute Gasteiger partial charge is 0.491 e. The Morgan fingerprint density at radius 2 is 2.25 bits per heavy atom. The molecule has 2 nitrogen and oxygen atoms in total. The molecule has 0 fully saturated rings. The molecule has 1 aliphatic carbocycles. The van der Waals surface area contributed by atoms with E-state index in [9.17, 15) is 0 Å². The number of aliphatic hydroxyl groups excluding tert-OH is 1. The summed E-state index contributed by atoms with van der Waals surface area (Å²) in [6, 6.07) is 6.18. The maximum Gasteiger partial charge on any atom is 0.127 e. The van der Waals surface area contributed by atoms with Gasteiger partial charge in [0, 0.05) is 5.56 Å². The Bertz CT molecular complexity index is 394. The van der Waals surface area contributed by atoms with E-state index in [2.05, 4.69) is 19.1 Å². The number of hydrogen-bond donors (Lipinski definition) is 1. The lowest BCUT2D eigenvalue weighted by atomic mass is 10.1. The van der Waals surface area contributed by atoms with Gasteiger partial charge >= 0.3 is 0 Å². The van der Waals surface area contributed by atoms with Crippen molar-refractivity contribution in [2.24, 2.45) is 0 Å². The molecular formula is C14H18O2. The molecule has 1 aromatic carbocycles. The van der Waals surface area contributed by atoms with Crippen molar-refractivity contribution in [1.82, 2.24) is 0 Å². The lowest BCUT2D eigenvalue weighted by Gasteiger charge is -2.10. The highest BCUT2D eigenvalue weighted by Crippen LogP contribution is 2.38. The smallest absolute Gasteiger partial charge is 0.127 e. The van der Waals surface area contributed by atoms with E-state index in [-0.39, 0.29) is 6.61 Å². The number of rotatable bonds is 4. The second-order valence-electron chi connectivity index (χ2n) is 4.00. The van der Waals surface area contributed by atoms with Crippen LogP contribution >= 0.6 is 0 Å². The van der Waals surface area contributed by atoms with Crippen LogP contribution in [0.15, 0.2) is 24.3 Å². The molecule has 16 heavy (non-hydrogen) atoms. The maximum absolute atomic E-state index is 8.81. The van der Waals surface area contributed by atoms with Crippen LogP contribution in [0.2, 0.25) is 0 Å². The Hall–Kier alpha value is -1.28. The van der Waals surface area contributed by atoms with Crippen molar-refractivity contribution >= 4 is 5.57 Å². The van der Waals surface area contributed by atoms with Crippen LogP contribution in [0.25, 0.3) is 5.57 Å². The minimum Gasteiger partial charge on any atom is -0.491 e. The molecule has 0 unspecified atom stereocenters. The van der Waals surface area contributed by atoms with Crippen LogP contribution in [-0.4, -0.2) is 18.3 Å². The van der Waals surface area contributed by atoms with Gasteiger partial charge in [-0.2, -0.15) is 0 Å². The SMILES string of the molecule is CC/C=C1\CCc2cccc(OCCO)c21. The lowest BCUT2D eigenvalue weighted by molar-refractivity contribution is 0.201. The van der Waals surface area contributed by atoms with E-state index in [1.807, 2.05) is 12.1 Å². The summed E-state index contributed by atoms with van der Waals surface area (Å²) in [5, 5.41) is 8.81. The molecule has 0 amide bonds. The van der Waals surface area contributed by atoms with Crippen molar-refractivity contribution in [1.29, 1.82) is 0 Å². The third-order valence-corrected chi connectivity index (χ3v) is 2.90. The van der Waals surface area contributed by atoms with Crippen molar-refractivity contribution in [3.8, 4) is 5.75 Å². The molecule has 2 rings (SSSR count). The predicted molar refractivity (Wildman–Crippen MR) is 65.6 cm³/mol. The van der Waals surface area contributed by atoms with Crippen molar-refractivity contribution in [3.63, 3.8) is 0 Å². The van der Waals surface area contributed by atoms with Crippen molar-refractivity contribution < 1.29 is 9.84 Å². The van der Waals surface area contributed by atoms with Gasteiger partial charge in [0.25, 0.3) is 0 Å². The zero-order valence-electron chi connectivity index (χ0n) is 9.70.